The van der Waals surface area contributed by atoms with E-state index in [0.717, 1.165) is 11.3 Å². The molecule has 1 aliphatic carbocycles. The van der Waals surface area contributed by atoms with Crippen LogP contribution in [0.25, 0.3) is 0 Å². The van der Waals surface area contributed by atoms with Gasteiger partial charge < -0.3 is 15.2 Å². The summed E-state index contributed by atoms with van der Waals surface area (Å²) in [6.45, 7) is 11.8. The first kappa shape index (κ1) is 18.3. The standard InChI is InChI=1S/C20H33NO2/c1-14-10-15(2)19(18(11-14)20(3,4)5)23-13-17(22)12-21-16-8-6-7-9-16/h10-11,16-17,21-22H,6-9,12-13H2,1-5H3. The lowest BCUT2D eigenvalue weighted by Crippen LogP contribution is -2.36. The average Bonchev–Trinajstić information content (AvgIpc) is 2.95. The molecular formula is C20H33NO2. The number of ether oxygens (including phenoxy) is 1. The van der Waals surface area contributed by atoms with Gasteiger partial charge in [0.25, 0.3) is 0 Å². The lowest BCUT2D eigenvalue weighted by molar-refractivity contribution is 0.102. The molecule has 0 aliphatic heterocycles. The lowest BCUT2D eigenvalue weighted by Gasteiger charge is -2.26. The van der Waals surface area contributed by atoms with Crippen molar-refractivity contribution in [1.82, 2.24) is 5.32 Å². The molecule has 0 aromatic heterocycles. The van der Waals surface area contributed by atoms with E-state index in [2.05, 4.69) is 52.1 Å². The fourth-order valence-corrected chi connectivity index (χ4v) is 3.37. The number of rotatable bonds is 6. The molecule has 0 bridgehead atoms. The van der Waals surface area contributed by atoms with Crippen LogP contribution in [0.4, 0.5) is 0 Å². The Bertz CT molecular complexity index is 513. The van der Waals surface area contributed by atoms with E-state index < -0.39 is 6.10 Å². The summed E-state index contributed by atoms with van der Waals surface area (Å²) in [5.74, 6) is 0.933. The molecule has 3 heteroatoms. The molecule has 0 amide bonds. The van der Waals surface area contributed by atoms with Crippen LogP contribution in [0.2, 0.25) is 0 Å². The number of aliphatic hydroxyl groups excluding tert-OH is 1. The van der Waals surface area contributed by atoms with Gasteiger partial charge in [0.2, 0.25) is 0 Å². The Morgan fingerprint density at radius 3 is 2.48 bits per heavy atom. The second-order valence-electron chi connectivity index (χ2n) is 8.06. The quantitative estimate of drug-likeness (QED) is 0.836. The second kappa shape index (κ2) is 7.67. The summed E-state index contributed by atoms with van der Waals surface area (Å²) in [6.07, 6.45) is 4.62. The summed E-state index contributed by atoms with van der Waals surface area (Å²) in [6, 6.07) is 4.93. The zero-order chi connectivity index (χ0) is 17.0. The van der Waals surface area contributed by atoms with Gasteiger partial charge in [0.1, 0.15) is 18.5 Å². The molecule has 2 N–H and O–H groups in total. The van der Waals surface area contributed by atoms with Gasteiger partial charge in [-0.05, 0) is 37.7 Å². The van der Waals surface area contributed by atoms with Gasteiger partial charge in [-0.1, -0.05) is 51.3 Å². The van der Waals surface area contributed by atoms with Gasteiger partial charge in [-0.3, -0.25) is 0 Å². The largest absolute Gasteiger partial charge is 0.490 e. The van der Waals surface area contributed by atoms with Crippen LogP contribution < -0.4 is 10.1 Å². The lowest BCUT2D eigenvalue weighted by atomic mass is 9.84. The maximum absolute atomic E-state index is 10.2. The Morgan fingerprint density at radius 2 is 1.87 bits per heavy atom. The fraction of sp³-hybridized carbons (Fsp3) is 0.700. The van der Waals surface area contributed by atoms with Crippen molar-refractivity contribution < 1.29 is 9.84 Å². The molecule has 0 spiro atoms. The minimum atomic E-state index is -0.468. The summed E-state index contributed by atoms with van der Waals surface area (Å²) in [5, 5.41) is 13.7. The molecule has 1 fully saturated rings. The predicted molar refractivity (Wildman–Crippen MR) is 96.4 cm³/mol. The highest BCUT2D eigenvalue weighted by molar-refractivity contribution is 5.47. The smallest absolute Gasteiger partial charge is 0.126 e. The molecular weight excluding hydrogens is 286 g/mol. The number of aryl methyl sites for hydroxylation is 2. The van der Waals surface area contributed by atoms with Gasteiger partial charge in [-0.2, -0.15) is 0 Å². The van der Waals surface area contributed by atoms with Gasteiger partial charge in [0.05, 0.1) is 0 Å². The van der Waals surface area contributed by atoms with Crippen LogP contribution in [0, 0.1) is 13.8 Å². The molecule has 1 aliphatic rings. The topological polar surface area (TPSA) is 41.5 Å². The van der Waals surface area contributed by atoms with Gasteiger partial charge in [0, 0.05) is 18.2 Å². The summed E-state index contributed by atoms with van der Waals surface area (Å²) < 4.78 is 6.04. The molecule has 1 unspecified atom stereocenters. The molecule has 0 saturated heterocycles. The normalized spacial score (nSPS) is 17.5. The Morgan fingerprint density at radius 1 is 1.22 bits per heavy atom. The van der Waals surface area contributed by atoms with Gasteiger partial charge in [-0.15, -0.1) is 0 Å². The third-order valence-electron chi connectivity index (χ3n) is 4.64. The highest BCUT2D eigenvalue weighted by Crippen LogP contribution is 2.35. The first-order chi connectivity index (χ1) is 10.8. The van der Waals surface area contributed by atoms with E-state index in [0.29, 0.717) is 19.2 Å². The van der Waals surface area contributed by atoms with Crippen molar-refractivity contribution in [3.8, 4) is 5.75 Å². The van der Waals surface area contributed by atoms with E-state index in [1.807, 2.05) is 0 Å². The van der Waals surface area contributed by atoms with Gasteiger partial charge >= 0.3 is 0 Å². The minimum Gasteiger partial charge on any atom is -0.490 e. The zero-order valence-corrected chi connectivity index (χ0v) is 15.4. The van der Waals surface area contributed by atoms with Gasteiger partial charge in [-0.25, -0.2) is 0 Å². The van der Waals surface area contributed by atoms with E-state index in [4.69, 9.17) is 4.74 Å². The maximum atomic E-state index is 10.2. The highest BCUT2D eigenvalue weighted by Gasteiger charge is 2.22. The summed E-state index contributed by atoms with van der Waals surface area (Å²) >= 11 is 0. The van der Waals surface area contributed by atoms with Crippen LogP contribution in [-0.2, 0) is 5.41 Å². The average molecular weight is 319 g/mol. The number of hydrogen-bond donors (Lipinski definition) is 2. The van der Waals surface area contributed by atoms with E-state index in [1.165, 1.54) is 36.8 Å². The van der Waals surface area contributed by atoms with Crippen molar-refractivity contribution in [2.24, 2.45) is 0 Å². The van der Waals surface area contributed by atoms with Crippen molar-refractivity contribution >= 4 is 0 Å². The van der Waals surface area contributed by atoms with Crippen LogP contribution >= 0.6 is 0 Å². The molecule has 1 saturated carbocycles. The third-order valence-corrected chi connectivity index (χ3v) is 4.64. The molecule has 3 nitrogen and oxygen atoms in total. The van der Waals surface area contributed by atoms with E-state index >= 15 is 0 Å². The van der Waals surface area contributed by atoms with Crippen molar-refractivity contribution in [2.75, 3.05) is 13.2 Å². The highest BCUT2D eigenvalue weighted by atomic mass is 16.5. The second-order valence-corrected chi connectivity index (χ2v) is 8.06. The van der Waals surface area contributed by atoms with E-state index in [9.17, 15) is 5.11 Å². The fourth-order valence-electron chi connectivity index (χ4n) is 3.37. The van der Waals surface area contributed by atoms with Crippen LogP contribution in [0.15, 0.2) is 12.1 Å². The number of nitrogens with one attached hydrogen (secondary N) is 1. The molecule has 1 atom stereocenters. The first-order valence-corrected chi connectivity index (χ1v) is 8.93. The number of hydrogen-bond acceptors (Lipinski definition) is 3. The Kier molecular flexibility index (Phi) is 6.10. The van der Waals surface area contributed by atoms with E-state index in [1.54, 1.807) is 0 Å². The van der Waals surface area contributed by atoms with Crippen LogP contribution in [0.5, 0.6) is 5.75 Å². The van der Waals surface area contributed by atoms with Crippen molar-refractivity contribution in [3.63, 3.8) is 0 Å². The molecule has 0 heterocycles. The molecule has 23 heavy (non-hydrogen) atoms. The Hall–Kier alpha value is -1.06. The van der Waals surface area contributed by atoms with Gasteiger partial charge in [0.15, 0.2) is 0 Å². The maximum Gasteiger partial charge on any atom is 0.126 e. The third kappa shape index (κ3) is 5.22. The number of aliphatic hydroxyl groups is 1. The van der Waals surface area contributed by atoms with Crippen molar-refractivity contribution in [1.29, 1.82) is 0 Å². The van der Waals surface area contributed by atoms with Crippen molar-refractivity contribution in [3.05, 3.63) is 28.8 Å². The molecule has 130 valence electrons. The SMILES string of the molecule is Cc1cc(C)c(OCC(O)CNC2CCCC2)c(C(C)(C)C)c1. The van der Waals surface area contributed by atoms with Crippen molar-refractivity contribution in [2.45, 2.75) is 77.9 Å². The first-order valence-electron chi connectivity index (χ1n) is 8.93. The van der Waals surface area contributed by atoms with Crippen LogP contribution in [-0.4, -0.2) is 30.4 Å². The predicted octanol–water partition coefficient (Wildman–Crippen LogP) is 3.87. The Balaban J connectivity index is 1.96. The summed E-state index contributed by atoms with van der Waals surface area (Å²) in [7, 11) is 0. The number of benzene rings is 1. The van der Waals surface area contributed by atoms with E-state index in [-0.39, 0.29) is 5.41 Å². The monoisotopic (exact) mass is 319 g/mol. The van der Waals surface area contributed by atoms with Crippen LogP contribution in [0.3, 0.4) is 0 Å². The van der Waals surface area contributed by atoms with Crippen LogP contribution in [0.1, 0.15) is 63.1 Å². The zero-order valence-electron chi connectivity index (χ0n) is 15.4. The Labute approximate surface area is 141 Å². The molecule has 1 aromatic carbocycles. The summed E-state index contributed by atoms with van der Waals surface area (Å²) in [4.78, 5) is 0. The molecule has 0 radical (unpaired) electrons. The summed E-state index contributed by atoms with van der Waals surface area (Å²) in [5.41, 5.74) is 3.64. The molecule has 2 rings (SSSR count). The molecule has 1 aromatic rings. The minimum absolute atomic E-state index is 0.0269.